The van der Waals surface area contributed by atoms with Crippen molar-refractivity contribution in [3.05, 3.63) is 12.7 Å². The summed E-state index contributed by atoms with van der Waals surface area (Å²) in [5, 5.41) is 0. The van der Waals surface area contributed by atoms with Crippen LogP contribution in [-0.4, -0.2) is 17.0 Å². The van der Waals surface area contributed by atoms with E-state index in [1.165, 1.54) is 32.1 Å². The van der Waals surface area contributed by atoms with Gasteiger partial charge in [0.15, 0.2) is 0 Å². The summed E-state index contributed by atoms with van der Waals surface area (Å²) in [6.07, 6.45) is 10.9. The topological polar surface area (TPSA) is 72.8 Å². The number of hydrogen-bond acceptors (Lipinski definition) is 4. The van der Waals surface area contributed by atoms with E-state index in [1.54, 1.807) is 0 Å². The molecule has 5 nitrogen and oxygen atoms in total. The Bertz CT molecular complexity index is 317. The van der Waals surface area contributed by atoms with Crippen LogP contribution in [0.1, 0.15) is 64.7 Å². The molecule has 6 heteroatoms. The molecular formula is C14H27O5P. The molecule has 1 unspecified atom stereocenters. The van der Waals surface area contributed by atoms with Gasteiger partial charge in [-0.3, -0.25) is 9.45 Å². The average molecular weight is 306 g/mol. The first-order valence-electron chi connectivity index (χ1n) is 7.36. The lowest BCUT2D eigenvalue weighted by atomic mass is 10.1. The summed E-state index contributed by atoms with van der Waals surface area (Å²) in [5.41, 5.74) is 0. The fourth-order valence-corrected chi connectivity index (χ4v) is 2.68. The summed E-state index contributed by atoms with van der Waals surface area (Å²) in [6.45, 7) is 5.35. The van der Waals surface area contributed by atoms with E-state index in [4.69, 9.17) is 0 Å². The van der Waals surface area contributed by atoms with Gasteiger partial charge in [0.05, 0.1) is 6.16 Å². The molecule has 0 fully saturated rings. The van der Waals surface area contributed by atoms with Crippen molar-refractivity contribution in [1.29, 1.82) is 0 Å². The zero-order valence-corrected chi connectivity index (χ0v) is 13.3. The van der Waals surface area contributed by atoms with E-state index in [0.29, 0.717) is 6.42 Å². The molecule has 0 saturated carbocycles. The summed E-state index contributed by atoms with van der Waals surface area (Å²) >= 11 is 0. The third-order valence-corrected chi connectivity index (χ3v) is 4.14. The molecular weight excluding hydrogens is 279 g/mol. The van der Waals surface area contributed by atoms with Crippen LogP contribution in [0, 0.1) is 0 Å². The van der Waals surface area contributed by atoms with Gasteiger partial charge in [0, 0.05) is 6.08 Å². The molecule has 20 heavy (non-hydrogen) atoms. The van der Waals surface area contributed by atoms with Crippen LogP contribution < -0.4 is 0 Å². The second kappa shape index (κ2) is 12.1. The number of hydrogen-bond donors (Lipinski definition) is 1. The third-order valence-electron chi connectivity index (χ3n) is 2.95. The Balaban J connectivity index is 3.46. The number of unbranched alkanes of at least 4 members (excludes halogenated alkanes) is 8. The highest BCUT2D eigenvalue weighted by Crippen LogP contribution is 2.43. The molecule has 0 rings (SSSR count). The van der Waals surface area contributed by atoms with E-state index in [2.05, 4.69) is 23.1 Å². The van der Waals surface area contributed by atoms with E-state index in [9.17, 15) is 14.3 Å². The second-order valence-corrected chi connectivity index (χ2v) is 6.74. The van der Waals surface area contributed by atoms with Gasteiger partial charge < -0.3 is 4.89 Å². The summed E-state index contributed by atoms with van der Waals surface area (Å²) in [5.74, 6) is -0.869. The van der Waals surface area contributed by atoms with E-state index < -0.39 is 13.6 Å². The molecule has 0 aromatic heterocycles. The molecule has 0 heterocycles. The SMILES string of the molecule is C=CC(=O)OOP(=O)(O)CCCCCCCCCCC. The Morgan fingerprint density at radius 1 is 1.10 bits per heavy atom. The van der Waals surface area contributed by atoms with Gasteiger partial charge in [-0.1, -0.05) is 69.5 Å². The summed E-state index contributed by atoms with van der Waals surface area (Å²) < 4.78 is 15.7. The predicted octanol–water partition coefficient (Wildman–Crippen LogP) is 4.36. The lowest BCUT2D eigenvalue weighted by molar-refractivity contribution is -0.210. The number of carbonyl (C=O) groups is 1. The highest BCUT2D eigenvalue weighted by Gasteiger charge is 2.21. The first-order valence-corrected chi connectivity index (χ1v) is 9.12. The zero-order chi connectivity index (χ0) is 15.3. The van der Waals surface area contributed by atoms with Gasteiger partial charge in [-0.15, -0.1) is 0 Å². The molecule has 0 aliphatic rings. The van der Waals surface area contributed by atoms with Crippen molar-refractivity contribution in [1.82, 2.24) is 0 Å². The lowest BCUT2D eigenvalue weighted by Crippen LogP contribution is -2.02. The maximum atomic E-state index is 11.5. The van der Waals surface area contributed by atoms with Gasteiger partial charge >= 0.3 is 13.6 Å². The van der Waals surface area contributed by atoms with E-state index in [-0.39, 0.29) is 6.16 Å². The Morgan fingerprint density at radius 2 is 1.60 bits per heavy atom. The van der Waals surface area contributed by atoms with Crippen molar-refractivity contribution in [3.63, 3.8) is 0 Å². The van der Waals surface area contributed by atoms with E-state index in [1.807, 2.05) is 0 Å². The molecule has 0 radical (unpaired) electrons. The normalized spacial score (nSPS) is 13.7. The molecule has 1 N–H and O–H groups in total. The molecule has 0 aromatic carbocycles. The summed E-state index contributed by atoms with van der Waals surface area (Å²) in [7, 11) is -3.82. The van der Waals surface area contributed by atoms with Crippen molar-refractivity contribution in [2.75, 3.05) is 6.16 Å². The molecule has 0 saturated heterocycles. The Hall–Kier alpha value is -0.640. The summed E-state index contributed by atoms with van der Waals surface area (Å²) in [6, 6.07) is 0. The van der Waals surface area contributed by atoms with Gasteiger partial charge in [0.1, 0.15) is 0 Å². The monoisotopic (exact) mass is 306 g/mol. The third kappa shape index (κ3) is 12.4. The van der Waals surface area contributed by atoms with Crippen LogP contribution in [0.2, 0.25) is 0 Å². The van der Waals surface area contributed by atoms with Crippen LogP contribution in [0.4, 0.5) is 0 Å². The molecule has 0 aliphatic heterocycles. The maximum absolute atomic E-state index is 11.5. The smallest absolute Gasteiger partial charge is 0.322 e. The molecule has 0 bridgehead atoms. The highest BCUT2D eigenvalue weighted by atomic mass is 31.2. The van der Waals surface area contributed by atoms with Gasteiger partial charge in [-0.2, -0.15) is 0 Å². The summed E-state index contributed by atoms with van der Waals surface area (Å²) in [4.78, 5) is 24.2. The Labute approximate surface area is 121 Å². The fourth-order valence-electron chi connectivity index (χ4n) is 1.79. The second-order valence-electron chi connectivity index (χ2n) is 4.87. The quantitative estimate of drug-likeness (QED) is 0.180. The van der Waals surface area contributed by atoms with Crippen molar-refractivity contribution in [2.24, 2.45) is 0 Å². The van der Waals surface area contributed by atoms with Gasteiger partial charge in [0.25, 0.3) is 0 Å². The minimum Gasteiger partial charge on any atom is -0.322 e. The lowest BCUT2D eigenvalue weighted by Gasteiger charge is -2.09. The average Bonchev–Trinajstić information content (AvgIpc) is 2.43. The van der Waals surface area contributed by atoms with Crippen LogP contribution in [0.15, 0.2) is 12.7 Å². The first kappa shape index (κ1) is 19.4. The largest absolute Gasteiger partial charge is 0.366 e. The molecule has 0 aromatic rings. The number of rotatable bonds is 13. The molecule has 1 atom stereocenters. The predicted molar refractivity (Wildman–Crippen MR) is 79.3 cm³/mol. The highest BCUT2D eigenvalue weighted by molar-refractivity contribution is 7.52. The zero-order valence-electron chi connectivity index (χ0n) is 12.4. The molecule has 0 aliphatic carbocycles. The molecule has 118 valence electrons. The minimum atomic E-state index is -3.82. The van der Waals surface area contributed by atoms with Crippen LogP contribution >= 0.6 is 7.60 Å². The minimum absolute atomic E-state index is 0.00720. The van der Waals surface area contributed by atoms with E-state index in [0.717, 1.165) is 25.3 Å². The molecule has 0 spiro atoms. The van der Waals surface area contributed by atoms with Crippen molar-refractivity contribution in [3.8, 4) is 0 Å². The Morgan fingerprint density at radius 3 is 2.10 bits per heavy atom. The van der Waals surface area contributed by atoms with Crippen LogP contribution in [0.25, 0.3) is 0 Å². The van der Waals surface area contributed by atoms with Crippen molar-refractivity contribution in [2.45, 2.75) is 64.7 Å². The van der Waals surface area contributed by atoms with Crippen LogP contribution in [0.3, 0.4) is 0 Å². The van der Waals surface area contributed by atoms with Crippen LogP contribution in [-0.2, 0) is 18.9 Å². The molecule has 0 amide bonds. The van der Waals surface area contributed by atoms with Crippen molar-refractivity contribution >= 4 is 13.6 Å². The standard InChI is InChI=1S/C14H27O5P/c1-3-5-6-7-8-9-10-11-12-13-20(16,17)19-18-14(15)4-2/h4H,2-3,5-13H2,1H3,(H,16,17). The van der Waals surface area contributed by atoms with E-state index >= 15 is 0 Å². The van der Waals surface area contributed by atoms with Crippen LogP contribution in [0.5, 0.6) is 0 Å². The van der Waals surface area contributed by atoms with Gasteiger partial charge in [0.2, 0.25) is 0 Å². The Kier molecular flexibility index (Phi) is 11.7. The van der Waals surface area contributed by atoms with Gasteiger partial charge in [-0.05, 0) is 6.42 Å². The first-order chi connectivity index (χ1) is 9.52. The number of carbonyl (C=O) groups excluding carboxylic acids is 1. The van der Waals surface area contributed by atoms with Gasteiger partial charge in [-0.25, -0.2) is 4.79 Å². The fraction of sp³-hybridized carbons (Fsp3) is 0.786. The maximum Gasteiger partial charge on any atom is 0.366 e. The van der Waals surface area contributed by atoms with Crippen molar-refractivity contribution < 1.29 is 23.8 Å².